The molecule has 0 N–H and O–H groups in total. The molecule has 0 fully saturated rings. The number of hydrogen-bond acceptors (Lipinski definition) is 4. The molecule has 1 aromatic carbocycles. The van der Waals surface area contributed by atoms with E-state index < -0.39 is 0 Å². The van der Waals surface area contributed by atoms with E-state index in [4.69, 9.17) is 4.74 Å². The fourth-order valence-corrected chi connectivity index (χ4v) is 5.12. The summed E-state index contributed by atoms with van der Waals surface area (Å²) in [4.78, 5) is 17.9. The molecule has 5 heteroatoms. The molecular weight excluding hydrogens is 350 g/mol. The molecule has 1 aliphatic heterocycles. The van der Waals surface area contributed by atoms with Gasteiger partial charge in [-0.15, -0.1) is 22.7 Å². The molecule has 0 unspecified atom stereocenters. The van der Waals surface area contributed by atoms with Crippen molar-refractivity contribution in [1.82, 2.24) is 4.90 Å². The summed E-state index contributed by atoms with van der Waals surface area (Å²) in [5.41, 5.74) is 3.09. The number of thiophene rings is 2. The monoisotopic (exact) mass is 369 g/mol. The molecule has 0 saturated carbocycles. The second-order valence-corrected chi connectivity index (χ2v) is 8.08. The van der Waals surface area contributed by atoms with Gasteiger partial charge in [-0.1, -0.05) is 18.2 Å². The normalized spacial score (nSPS) is 16.7. The number of amides is 1. The zero-order valence-corrected chi connectivity index (χ0v) is 15.6. The number of benzene rings is 1. The SMILES string of the molecule is COCc1ccc(C(=O)N2CCc3sccc3[C@@H]2c2cccs2)cc1. The number of carbonyl (C=O) groups is 1. The zero-order chi connectivity index (χ0) is 17.2. The minimum Gasteiger partial charge on any atom is -0.380 e. The molecule has 0 spiro atoms. The standard InChI is InChI=1S/C20H19NO2S2/c1-23-13-14-4-6-15(7-5-14)20(22)21-10-8-17-16(9-12-25-17)19(21)18-3-2-11-24-18/h2-7,9,11-12,19H,8,10,13H2,1H3/t19-/m1/s1. The number of rotatable bonds is 4. The first kappa shape index (κ1) is 16.5. The van der Waals surface area contributed by atoms with Crippen LogP contribution in [0, 0.1) is 0 Å². The van der Waals surface area contributed by atoms with Gasteiger partial charge in [0.05, 0.1) is 12.6 Å². The number of fused-ring (bicyclic) bond motifs is 1. The lowest BCUT2D eigenvalue weighted by Gasteiger charge is -2.35. The molecular formula is C20H19NO2S2. The maximum Gasteiger partial charge on any atom is 0.254 e. The van der Waals surface area contributed by atoms with Crippen LogP contribution in [0.2, 0.25) is 0 Å². The average Bonchev–Trinajstić information content (AvgIpc) is 3.33. The van der Waals surface area contributed by atoms with E-state index in [2.05, 4.69) is 29.0 Å². The Morgan fingerprint density at radius 1 is 1.16 bits per heavy atom. The Hall–Kier alpha value is -1.95. The van der Waals surface area contributed by atoms with Crippen LogP contribution in [-0.2, 0) is 17.8 Å². The first-order valence-corrected chi connectivity index (χ1v) is 10.0. The Bertz CT molecular complexity index is 852. The highest BCUT2D eigenvalue weighted by Gasteiger charge is 2.33. The van der Waals surface area contributed by atoms with Gasteiger partial charge < -0.3 is 9.64 Å². The summed E-state index contributed by atoms with van der Waals surface area (Å²) >= 11 is 3.51. The van der Waals surface area contributed by atoms with Crippen LogP contribution in [0.3, 0.4) is 0 Å². The third kappa shape index (κ3) is 3.15. The van der Waals surface area contributed by atoms with Crippen LogP contribution in [-0.4, -0.2) is 24.5 Å². The molecule has 3 nitrogen and oxygen atoms in total. The summed E-state index contributed by atoms with van der Waals surface area (Å²) in [6.45, 7) is 1.32. The molecule has 0 saturated heterocycles. The maximum atomic E-state index is 13.2. The van der Waals surface area contributed by atoms with E-state index in [1.165, 1.54) is 15.3 Å². The van der Waals surface area contributed by atoms with Gasteiger partial charge in [0.25, 0.3) is 5.91 Å². The largest absolute Gasteiger partial charge is 0.380 e. The van der Waals surface area contributed by atoms with Crippen molar-refractivity contribution >= 4 is 28.6 Å². The summed E-state index contributed by atoms with van der Waals surface area (Å²) in [5.74, 6) is 0.0965. The number of methoxy groups -OCH3 is 1. The van der Waals surface area contributed by atoms with Crippen molar-refractivity contribution in [3.8, 4) is 0 Å². The maximum absolute atomic E-state index is 13.2. The van der Waals surface area contributed by atoms with Gasteiger partial charge in [0.1, 0.15) is 0 Å². The zero-order valence-electron chi connectivity index (χ0n) is 14.0. The summed E-state index contributed by atoms with van der Waals surface area (Å²) in [6, 6.07) is 14.1. The molecule has 1 atom stereocenters. The molecule has 4 rings (SSSR count). The van der Waals surface area contributed by atoms with Gasteiger partial charge in [-0.25, -0.2) is 0 Å². The quantitative estimate of drug-likeness (QED) is 0.664. The summed E-state index contributed by atoms with van der Waals surface area (Å²) in [7, 11) is 1.68. The highest BCUT2D eigenvalue weighted by molar-refractivity contribution is 7.10. The number of carbonyl (C=O) groups excluding carboxylic acids is 1. The van der Waals surface area contributed by atoms with Gasteiger partial charge in [-0.05, 0) is 52.6 Å². The first-order valence-electron chi connectivity index (χ1n) is 8.26. The predicted molar refractivity (Wildman–Crippen MR) is 102 cm³/mol. The minimum absolute atomic E-state index is 0.0288. The third-order valence-electron chi connectivity index (χ3n) is 4.55. The Kier molecular flexibility index (Phi) is 4.70. The topological polar surface area (TPSA) is 29.5 Å². The molecule has 3 heterocycles. The van der Waals surface area contributed by atoms with E-state index >= 15 is 0 Å². The van der Waals surface area contributed by atoms with Gasteiger partial charge in [0, 0.05) is 29.0 Å². The molecule has 1 amide bonds. The molecule has 1 aliphatic rings. The van der Waals surface area contributed by atoms with E-state index in [1.54, 1.807) is 29.8 Å². The molecule has 0 bridgehead atoms. The Morgan fingerprint density at radius 3 is 2.72 bits per heavy atom. The van der Waals surface area contributed by atoms with Crippen molar-refractivity contribution in [2.45, 2.75) is 19.1 Å². The molecule has 3 aromatic rings. The number of ether oxygens (including phenoxy) is 1. The number of hydrogen-bond donors (Lipinski definition) is 0. The first-order chi connectivity index (χ1) is 12.3. The fourth-order valence-electron chi connectivity index (χ4n) is 3.36. The summed E-state index contributed by atoms with van der Waals surface area (Å²) < 4.78 is 5.15. The van der Waals surface area contributed by atoms with Gasteiger partial charge in [0.2, 0.25) is 0 Å². The van der Waals surface area contributed by atoms with Crippen LogP contribution in [0.4, 0.5) is 0 Å². The Morgan fingerprint density at radius 2 is 2.00 bits per heavy atom. The van der Waals surface area contributed by atoms with Crippen molar-refractivity contribution in [2.24, 2.45) is 0 Å². The van der Waals surface area contributed by atoms with Crippen molar-refractivity contribution in [3.63, 3.8) is 0 Å². The van der Waals surface area contributed by atoms with Gasteiger partial charge in [-0.2, -0.15) is 0 Å². The van der Waals surface area contributed by atoms with E-state index in [9.17, 15) is 4.79 Å². The van der Waals surface area contributed by atoms with Crippen LogP contribution < -0.4 is 0 Å². The van der Waals surface area contributed by atoms with Gasteiger partial charge in [0.15, 0.2) is 0 Å². The lowest BCUT2D eigenvalue weighted by Crippen LogP contribution is -2.39. The van der Waals surface area contributed by atoms with Gasteiger partial charge >= 0.3 is 0 Å². The second-order valence-electron chi connectivity index (χ2n) is 6.10. The average molecular weight is 370 g/mol. The van der Waals surface area contributed by atoms with Crippen LogP contribution in [0.15, 0.2) is 53.2 Å². The predicted octanol–water partition coefficient (Wildman–Crippen LogP) is 4.74. The highest BCUT2D eigenvalue weighted by Crippen LogP contribution is 2.40. The second kappa shape index (κ2) is 7.12. The summed E-state index contributed by atoms with van der Waals surface area (Å²) in [6.07, 6.45) is 0.933. The van der Waals surface area contributed by atoms with E-state index in [0.717, 1.165) is 24.1 Å². The van der Waals surface area contributed by atoms with Crippen molar-refractivity contribution in [3.05, 3.63) is 79.7 Å². The van der Waals surface area contributed by atoms with Crippen molar-refractivity contribution < 1.29 is 9.53 Å². The molecule has 2 aromatic heterocycles. The van der Waals surface area contributed by atoms with Crippen LogP contribution >= 0.6 is 22.7 Å². The van der Waals surface area contributed by atoms with Gasteiger partial charge in [-0.3, -0.25) is 4.79 Å². The molecule has 128 valence electrons. The minimum atomic E-state index is 0.0288. The Labute approximate surface area is 155 Å². The Balaban J connectivity index is 1.67. The third-order valence-corrected chi connectivity index (χ3v) is 6.47. The molecule has 0 radical (unpaired) electrons. The van der Waals surface area contributed by atoms with Crippen molar-refractivity contribution in [1.29, 1.82) is 0 Å². The van der Waals surface area contributed by atoms with Crippen LogP contribution in [0.1, 0.15) is 37.3 Å². The highest BCUT2D eigenvalue weighted by atomic mass is 32.1. The lowest BCUT2D eigenvalue weighted by molar-refractivity contribution is 0.0698. The fraction of sp³-hybridized carbons (Fsp3) is 0.250. The molecule has 25 heavy (non-hydrogen) atoms. The lowest BCUT2D eigenvalue weighted by atomic mass is 9.97. The van der Waals surface area contributed by atoms with E-state index in [0.29, 0.717) is 6.61 Å². The summed E-state index contributed by atoms with van der Waals surface area (Å²) in [5, 5.41) is 4.22. The molecule has 0 aliphatic carbocycles. The van der Waals surface area contributed by atoms with Crippen LogP contribution in [0.25, 0.3) is 0 Å². The van der Waals surface area contributed by atoms with E-state index in [-0.39, 0.29) is 11.9 Å². The smallest absolute Gasteiger partial charge is 0.254 e. The number of nitrogens with zero attached hydrogens (tertiary/aromatic N) is 1. The van der Waals surface area contributed by atoms with E-state index in [1.807, 2.05) is 29.2 Å². The van der Waals surface area contributed by atoms with Crippen molar-refractivity contribution in [2.75, 3.05) is 13.7 Å². The van der Waals surface area contributed by atoms with Crippen LogP contribution in [0.5, 0.6) is 0 Å².